The summed E-state index contributed by atoms with van der Waals surface area (Å²) in [5, 5.41) is 3.86. The lowest BCUT2D eigenvalue weighted by molar-refractivity contribution is -0.142. The highest BCUT2D eigenvalue weighted by Gasteiger charge is 2.30. The van der Waals surface area contributed by atoms with Crippen molar-refractivity contribution in [1.82, 2.24) is 20.1 Å². The lowest BCUT2D eigenvalue weighted by Crippen LogP contribution is -2.49. The zero-order valence-electron chi connectivity index (χ0n) is 15.9. The van der Waals surface area contributed by atoms with Crippen molar-refractivity contribution < 1.29 is 14.4 Å². The van der Waals surface area contributed by atoms with Gasteiger partial charge in [0, 0.05) is 56.6 Å². The van der Waals surface area contributed by atoms with Gasteiger partial charge in [0.2, 0.25) is 17.7 Å². The Morgan fingerprint density at radius 2 is 1.86 bits per heavy atom. The van der Waals surface area contributed by atoms with Crippen LogP contribution in [0.15, 0.2) is 22.7 Å². The van der Waals surface area contributed by atoms with Crippen LogP contribution in [0.3, 0.4) is 0 Å². The number of hydrogen-bond acceptors (Lipinski definition) is 7. The lowest BCUT2D eigenvalue weighted by atomic mass is 10.3. The van der Waals surface area contributed by atoms with Gasteiger partial charge in [-0.1, -0.05) is 27.3 Å². The third-order valence-corrected chi connectivity index (χ3v) is 6.76. The largest absolute Gasteiger partial charge is 0.353 e. The predicted octanol–water partition coefficient (Wildman–Crippen LogP) is 1.45. The molecule has 10 heteroatoms. The van der Waals surface area contributed by atoms with Crippen LogP contribution in [-0.2, 0) is 14.4 Å². The van der Waals surface area contributed by atoms with Crippen molar-refractivity contribution in [2.45, 2.75) is 12.8 Å². The zero-order chi connectivity index (χ0) is 20.4. The second-order valence-electron chi connectivity index (χ2n) is 7.16. The molecule has 2 fully saturated rings. The van der Waals surface area contributed by atoms with E-state index in [9.17, 15) is 14.4 Å². The summed E-state index contributed by atoms with van der Waals surface area (Å²) in [6.45, 7) is 4.67. The molecule has 0 saturated carbocycles. The molecule has 3 heterocycles. The summed E-state index contributed by atoms with van der Waals surface area (Å²) in [5.74, 6) is -0.806. The van der Waals surface area contributed by atoms with Gasteiger partial charge in [-0.05, 0) is 18.2 Å². The Labute approximate surface area is 181 Å². The maximum Gasteiger partial charge on any atom is 0.240 e. The molecule has 8 nitrogen and oxygen atoms in total. The molecule has 1 aromatic carbocycles. The number of carbonyl (C=O) groups is 3. The second-order valence-corrected chi connectivity index (χ2v) is 9.09. The van der Waals surface area contributed by atoms with Crippen LogP contribution in [-0.4, -0.2) is 78.3 Å². The molecule has 0 atom stereocenters. The molecule has 0 aliphatic carbocycles. The predicted molar refractivity (Wildman–Crippen MR) is 115 cm³/mol. The minimum Gasteiger partial charge on any atom is -0.353 e. The Morgan fingerprint density at radius 3 is 2.59 bits per heavy atom. The standard InChI is InChI=1S/C19H22BrN5O3S/c20-13-1-2-14-15(11-13)29-19(22-14)24-9-7-23(8-10-24)6-5-21-16(26)12-25-17(27)3-4-18(25)28/h1-2,11H,3-10,12H2,(H,21,26). The van der Waals surface area contributed by atoms with Gasteiger partial charge in [0.15, 0.2) is 5.13 Å². The smallest absolute Gasteiger partial charge is 0.240 e. The second kappa shape index (κ2) is 8.76. The van der Waals surface area contributed by atoms with E-state index in [1.165, 1.54) is 4.70 Å². The molecule has 0 unspecified atom stereocenters. The highest BCUT2D eigenvalue weighted by atomic mass is 79.9. The van der Waals surface area contributed by atoms with Crippen molar-refractivity contribution in [3.63, 3.8) is 0 Å². The minimum atomic E-state index is -0.284. The van der Waals surface area contributed by atoms with E-state index in [1.54, 1.807) is 11.3 Å². The number of nitrogens with one attached hydrogen (secondary N) is 1. The molecule has 154 valence electrons. The van der Waals surface area contributed by atoms with Gasteiger partial charge >= 0.3 is 0 Å². The molecule has 29 heavy (non-hydrogen) atoms. The molecular formula is C19H22BrN5O3S. The number of fused-ring (bicyclic) bond motifs is 1. The van der Waals surface area contributed by atoms with E-state index in [-0.39, 0.29) is 37.1 Å². The van der Waals surface area contributed by atoms with Gasteiger partial charge in [0.05, 0.1) is 10.2 Å². The van der Waals surface area contributed by atoms with Crippen molar-refractivity contribution in [3.8, 4) is 0 Å². The van der Waals surface area contributed by atoms with Crippen LogP contribution in [0.25, 0.3) is 10.2 Å². The summed E-state index contributed by atoms with van der Waals surface area (Å²) in [5.41, 5.74) is 1.02. The Hall–Kier alpha value is -2.04. The summed E-state index contributed by atoms with van der Waals surface area (Å²) in [6, 6.07) is 6.13. The first-order valence-corrected chi connectivity index (χ1v) is 11.2. The zero-order valence-corrected chi connectivity index (χ0v) is 18.3. The number of anilines is 1. The first-order chi connectivity index (χ1) is 14.0. The van der Waals surface area contributed by atoms with Crippen LogP contribution in [0.5, 0.6) is 0 Å². The van der Waals surface area contributed by atoms with Gasteiger partial charge in [-0.2, -0.15) is 0 Å². The number of hydrogen-bond donors (Lipinski definition) is 1. The number of halogens is 1. The normalized spacial score (nSPS) is 18.1. The van der Waals surface area contributed by atoms with Crippen molar-refractivity contribution in [2.24, 2.45) is 0 Å². The number of amides is 3. The third kappa shape index (κ3) is 4.76. The number of nitrogens with zero attached hydrogens (tertiary/aromatic N) is 4. The molecule has 2 aliphatic heterocycles. The van der Waals surface area contributed by atoms with Gasteiger partial charge in [-0.3, -0.25) is 24.2 Å². The van der Waals surface area contributed by atoms with E-state index in [1.807, 2.05) is 12.1 Å². The Balaban J connectivity index is 1.20. The average Bonchev–Trinajstić information content (AvgIpc) is 3.26. The van der Waals surface area contributed by atoms with Gasteiger partial charge < -0.3 is 10.2 Å². The quantitative estimate of drug-likeness (QED) is 0.631. The summed E-state index contributed by atoms with van der Waals surface area (Å²) in [6.07, 6.45) is 0.421. The van der Waals surface area contributed by atoms with Crippen LogP contribution in [0.1, 0.15) is 12.8 Å². The minimum absolute atomic E-state index is 0.167. The first-order valence-electron chi connectivity index (χ1n) is 9.63. The Morgan fingerprint density at radius 1 is 1.14 bits per heavy atom. The van der Waals surface area contributed by atoms with Gasteiger partial charge in [0.25, 0.3) is 0 Å². The molecule has 2 aliphatic rings. The van der Waals surface area contributed by atoms with Crippen LogP contribution in [0.2, 0.25) is 0 Å². The van der Waals surface area contributed by atoms with Gasteiger partial charge in [-0.15, -0.1) is 0 Å². The van der Waals surface area contributed by atoms with Crippen LogP contribution in [0.4, 0.5) is 5.13 Å². The third-order valence-electron chi connectivity index (χ3n) is 5.19. The van der Waals surface area contributed by atoms with E-state index >= 15 is 0 Å². The number of benzene rings is 1. The molecule has 4 rings (SSSR count). The van der Waals surface area contributed by atoms with E-state index in [4.69, 9.17) is 4.98 Å². The number of imide groups is 1. The molecule has 2 saturated heterocycles. The fourth-order valence-electron chi connectivity index (χ4n) is 3.54. The number of thiazole rings is 1. The highest BCUT2D eigenvalue weighted by Crippen LogP contribution is 2.31. The van der Waals surface area contributed by atoms with Crippen LogP contribution < -0.4 is 10.2 Å². The first kappa shape index (κ1) is 20.2. The molecule has 3 amide bonds. The van der Waals surface area contributed by atoms with Crippen LogP contribution >= 0.6 is 27.3 Å². The number of carbonyl (C=O) groups excluding carboxylic acids is 3. The SMILES string of the molecule is O=C(CN1C(=O)CCC1=O)NCCN1CCN(c2nc3ccc(Br)cc3s2)CC1. The molecule has 0 radical (unpaired) electrons. The number of likely N-dealkylation sites (tertiary alicyclic amines) is 1. The molecule has 1 N–H and O–H groups in total. The average molecular weight is 480 g/mol. The van der Waals surface area contributed by atoms with Crippen molar-refractivity contribution >= 4 is 60.3 Å². The molecule has 0 bridgehead atoms. The fourth-order valence-corrected chi connectivity index (χ4v) is 5.11. The monoisotopic (exact) mass is 479 g/mol. The number of piperazine rings is 1. The maximum absolute atomic E-state index is 12.0. The lowest BCUT2D eigenvalue weighted by Gasteiger charge is -2.34. The highest BCUT2D eigenvalue weighted by molar-refractivity contribution is 9.10. The summed E-state index contributed by atoms with van der Waals surface area (Å²) in [4.78, 5) is 45.5. The summed E-state index contributed by atoms with van der Waals surface area (Å²) >= 11 is 5.21. The number of aromatic nitrogens is 1. The van der Waals surface area contributed by atoms with Crippen LogP contribution in [0, 0.1) is 0 Å². The topological polar surface area (TPSA) is 85.8 Å². The van der Waals surface area contributed by atoms with Crippen molar-refractivity contribution in [3.05, 3.63) is 22.7 Å². The van der Waals surface area contributed by atoms with Gasteiger partial charge in [-0.25, -0.2) is 4.98 Å². The molecule has 0 spiro atoms. The molecular weight excluding hydrogens is 458 g/mol. The Kier molecular flexibility index (Phi) is 6.12. The molecule has 1 aromatic heterocycles. The van der Waals surface area contributed by atoms with Gasteiger partial charge in [0.1, 0.15) is 6.54 Å². The maximum atomic E-state index is 12.0. The van der Waals surface area contributed by atoms with Crippen molar-refractivity contribution in [2.75, 3.05) is 50.7 Å². The van der Waals surface area contributed by atoms with E-state index in [2.05, 4.69) is 37.1 Å². The summed E-state index contributed by atoms with van der Waals surface area (Å²) in [7, 11) is 0. The van der Waals surface area contributed by atoms with E-state index in [0.29, 0.717) is 6.54 Å². The number of rotatable bonds is 6. The van der Waals surface area contributed by atoms with Crippen molar-refractivity contribution in [1.29, 1.82) is 0 Å². The summed E-state index contributed by atoms with van der Waals surface area (Å²) < 4.78 is 2.24. The van der Waals surface area contributed by atoms with E-state index < -0.39 is 0 Å². The fraction of sp³-hybridized carbons (Fsp3) is 0.474. The van der Waals surface area contributed by atoms with E-state index in [0.717, 1.165) is 52.7 Å². The Bertz CT molecular complexity index is 925. The molecule has 2 aromatic rings.